The molecule has 1 aromatic rings. The van der Waals surface area contributed by atoms with Crippen molar-refractivity contribution in [1.29, 1.82) is 0 Å². The molecule has 0 saturated heterocycles. The van der Waals surface area contributed by atoms with E-state index in [0.717, 1.165) is 5.56 Å². The average Bonchev–Trinajstić information content (AvgIpc) is 2.20. The third-order valence-electron chi connectivity index (χ3n) is 1.52. The fourth-order valence-electron chi connectivity index (χ4n) is 0.901. The highest BCUT2D eigenvalue weighted by atomic mass is 35.5. The molecule has 78 valence electrons. The van der Waals surface area contributed by atoms with E-state index in [-0.39, 0.29) is 5.11 Å². The molecule has 1 aromatic carbocycles. The first-order valence-electron chi connectivity index (χ1n) is 4.20. The van der Waals surface area contributed by atoms with Gasteiger partial charge in [-0.2, -0.15) is 5.10 Å². The molecule has 1 rings (SSSR count). The molecule has 0 aromatic heterocycles. The second-order valence-corrected chi connectivity index (χ2v) is 3.48. The number of hydrogen-bond acceptors (Lipinski definition) is 2. The molecule has 0 aliphatic rings. The molecule has 15 heavy (non-hydrogen) atoms. The Kier molecular flexibility index (Phi) is 4.80. The van der Waals surface area contributed by atoms with E-state index < -0.39 is 0 Å². The fourth-order valence-corrected chi connectivity index (χ4v) is 1.15. The molecule has 5 heteroatoms. The van der Waals surface area contributed by atoms with Crippen LogP contribution in [-0.4, -0.2) is 11.3 Å². The van der Waals surface area contributed by atoms with E-state index in [1.54, 1.807) is 12.3 Å². The average molecular weight is 240 g/mol. The van der Waals surface area contributed by atoms with Gasteiger partial charge in [-0.15, -0.1) is 0 Å². The van der Waals surface area contributed by atoms with Crippen molar-refractivity contribution in [3.63, 3.8) is 0 Å². The van der Waals surface area contributed by atoms with Gasteiger partial charge in [0.15, 0.2) is 5.11 Å². The first-order chi connectivity index (χ1) is 7.20. The lowest BCUT2D eigenvalue weighted by Crippen LogP contribution is -2.23. The number of thiocarbonyl (C=S) groups is 1. The number of halogens is 1. The lowest BCUT2D eigenvalue weighted by molar-refractivity contribution is 1.04. The van der Waals surface area contributed by atoms with Crippen LogP contribution in [0.25, 0.3) is 6.08 Å². The third-order valence-corrected chi connectivity index (χ3v) is 1.95. The molecule has 0 atom stereocenters. The zero-order valence-electron chi connectivity index (χ0n) is 7.85. The topological polar surface area (TPSA) is 50.4 Å². The monoisotopic (exact) mass is 239 g/mol. The van der Waals surface area contributed by atoms with Crippen molar-refractivity contribution in [2.45, 2.75) is 0 Å². The van der Waals surface area contributed by atoms with Crippen LogP contribution in [0.5, 0.6) is 0 Å². The molecular formula is C10H10ClN3S. The van der Waals surface area contributed by atoms with Gasteiger partial charge in [0.25, 0.3) is 0 Å². The number of nitrogens with two attached hydrogens (primary N) is 1. The van der Waals surface area contributed by atoms with Crippen molar-refractivity contribution < 1.29 is 0 Å². The largest absolute Gasteiger partial charge is 0.375 e. The summed E-state index contributed by atoms with van der Waals surface area (Å²) in [6.07, 6.45) is 5.13. The Morgan fingerprint density at radius 3 is 2.87 bits per heavy atom. The van der Waals surface area contributed by atoms with Crippen molar-refractivity contribution in [3.8, 4) is 0 Å². The summed E-state index contributed by atoms with van der Waals surface area (Å²) in [4.78, 5) is 0. The Morgan fingerprint density at radius 1 is 1.47 bits per heavy atom. The van der Waals surface area contributed by atoms with Crippen LogP contribution in [0.15, 0.2) is 35.4 Å². The number of rotatable bonds is 3. The van der Waals surface area contributed by atoms with Crippen LogP contribution >= 0.6 is 23.8 Å². The van der Waals surface area contributed by atoms with E-state index in [9.17, 15) is 0 Å². The fraction of sp³-hybridized carbons (Fsp3) is 0. The van der Waals surface area contributed by atoms with Crippen LogP contribution in [0, 0.1) is 0 Å². The number of allylic oxidation sites excluding steroid dienone is 1. The molecule has 0 fully saturated rings. The van der Waals surface area contributed by atoms with Gasteiger partial charge in [0.2, 0.25) is 0 Å². The van der Waals surface area contributed by atoms with Gasteiger partial charge in [0.1, 0.15) is 0 Å². The standard InChI is InChI=1S/C10H10ClN3S/c11-9-6-2-1-4-8(9)5-3-7-13-14-10(12)15/h1-7H,(H3,12,14,15)/b5-3+,13-7+. The van der Waals surface area contributed by atoms with Crippen molar-refractivity contribution in [2.75, 3.05) is 0 Å². The van der Waals surface area contributed by atoms with Gasteiger partial charge in [-0.3, -0.25) is 5.43 Å². The molecule has 0 amide bonds. The van der Waals surface area contributed by atoms with E-state index in [0.29, 0.717) is 5.02 Å². The molecular weight excluding hydrogens is 230 g/mol. The number of benzene rings is 1. The highest BCUT2D eigenvalue weighted by Gasteiger charge is 1.91. The van der Waals surface area contributed by atoms with Crippen molar-refractivity contribution in [3.05, 3.63) is 40.9 Å². The molecule has 0 saturated carbocycles. The SMILES string of the molecule is NC(=S)N/N=C/C=C/c1ccccc1Cl. The number of hydrogen-bond donors (Lipinski definition) is 2. The Morgan fingerprint density at radius 2 is 2.20 bits per heavy atom. The molecule has 0 aliphatic heterocycles. The third kappa shape index (κ3) is 4.58. The summed E-state index contributed by atoms with van der Waals surface area (Å²) in [7, 11) is 0. The maximum Gasteiger partial charge on any atom is 0.184 e. The molecule has 0 bridgehead atoms. The van der Waals surface area contributed by atoms with Gasteiger partial charge >= 0.3 is 0 Å². The first kappa shape index (κ1) is 11.7. The Labute approximate surface area is 98.6 Å². The second kappa shape index (κ2) is 6.16. The van der Waals surface area contributed by atoms with Gasteiger partial charge in [0.05, 0.1) is 0 Å². The molecule has 3 N–H and O–H groups in total. The molecule has 0 heterocycles. The van der Waals surface area contributed by atoms with Gasteiger partial charge < -0.3 is 5.73 Å². The highest BCUT2D eigenvalue weighted by Crippen LogP contribution is 2.15. The van der Waals surface area contributed by atoms with Crippen LogP contribution in [0.1, 0.15) is 5.56 Å². The van der Waals surface area contributed by atoms with Crippen molar-refractivity contribution >= 4 is 41.2 Å². The zero-order chi connectivity index (χ0) is 11.1. The van der Waals surface area contributed by atoms with E-state index in [1.807, 2.05) is 30.3 Å². The normalized spacial score (nSPS) is 11.0. The number of hydrazone groups is 1. The summed E-state index contributed by atoms with van der Waals surface area (Å²) in [6, 6.07) is 7.53. The lowest BCUT2D eigenvalue weighted by atomic mass is 10.2. The Bertz CT molecular complexity index is 401. The predicted octanol–water partition coefficient (Wildman–Crippen LogP) is 2.17. The number of nitrogens with one attached hydrogen (secondary N) is 1. The predicted molar refractivity (Wildman–Crippen MR) is 68.9 cm³/mol. The molecule has 0 unspecified atom stereocenters. The van der Waals surface area contributed by atoms with Crippen LogP contribution in [-0.2, 0) is 0 Å². The second-order valence-electron chi connectivity index (χ2n) is 2.63. The number of nitrogens with zero attached hydrogens (tertiary/aromatic N) is 1. The van der Waals surface area contributed by atoms with Crippen LogP contribution in [0.3, 0.4) is 0 Å². The Hall–Kier alpha value is -1.39. The van der Waals surface area contributed by atoms with E-state index >= 15 is 0 Å². The maximum absolute atomic E-state index is 5.94. The van der Waals surface area contributed by atoms with Crippen molar-refractivity contribution in [1.82, 2.24) is 5.43 Å². The minimum absolute atomic E-state index is 0.136. The lowest BCUT2D eigenvalue weighted by Gasteiger charge is -1.94. The molecule has 3 nitrogen and oxygen atoms in total. The van der Waals surface area contributed by atoms with Gasteiger partial charge in [-0.05, 0) is 29.9 Å². The summed E-state index contributed by atoms with van der Waals surface area (Å²) in [6.45, 7) is 0. The molecule has 0 aliphatic carbocycles. The van der Waals surface area contributed by atoms with E-state index in [4.69, 9.17) is 17.3 Å². The highest BCUT2D eigenvalue weighted by molar-refractivity contribution is 7.80. The van der Waals surface area contributed by atoms with Gasteiger partial charge in [-0.1, -0.05) is 35.9 Å². The van der Waals surface area contributed by atoms with E-state index in [2.05, 4.69) is 22.7 Å². The molecule has 0 spiro atoms. The Balaban J connectivity index is 2.55. The van der Waals surface area contributed by atoms with Crippen molar-refractivity contribution in [2.24, 2.45) is 10.8 Å². The summed E-state index contributed by atoms with van der Waals surface area (Å²) >= 11 is 10.5. The smallest absolute Gasteiger partial charge is 0.184 e. The maximum atomic E-state index is 5.94. The van der Waals surface area contributed by atoms with Gasteiger partial charge in [0, 0.05) is 11.2 Å². The summed E-state index contributed by atoms with van der Waals surface area (Å²) in [5, 5.41) is 4.58. The minimum Gasteiger partial charge on any atom is -0.375 e. The van der Waals surface area contributed by atoms with Crippen LogP contribution < -0.4 is 11.2 Å². The summed E-state index contributed by atoms with van der Waals surface area (Å²) in [5.41, 5.74) is 8.54. The zero-order valence-corrected chi connectivity index (χ0v) is 9.42. The van der Waals surface area contributed by atoms with Gasteiger partial charge in [-0.25, -0.2) is 0 Å². The quantitative estimate of drug-likeness (QED) is 0.483. The minimum atomic E-state index is 0.136. The first-order valence-corrected chi connectivity index (χ1v) is 4.98. The summed E-state index contributed by atoms with van der Waals surface area (Å²) < 4.78 is 0. The molecule has 0 radical (unpaired) electrons. The van der Waals surface area contributed by atoms with Crippen LogP contribution in [0.2, 0.25) is 5.02 Å². The van der Waals surface area contributed by atoms with Crippen LogP contribution in [0.4, 0.5) is 0 Å². The summed E-state index contributed by atoms with van der Waals surface area (Å²) in [5.74, 6) is 0. The van der Waals surface area contributed by atoms with E-state index in [1.165, 1.54) is 0 Å².